The quantitative estimate of drug-likeness (QED) is 0.606. The van der Waals surface area contributed by atoms with E-state index in [4.69, 9.17) is 14.6 Å². The number of ether oxygens (including phenoxy) is 2. The number of hydrogen-bond donors (Lipinski definition) is 3. The lowest BCUT2D eigenvalue weighted by molar-refractivity contribution is 0.105. The van der Waals surface area contributed by atoms with Crippen molar-refractivity contribution in [2.24, 2.45) is 0 Å². The summed E-state index contributed by atoms with van der Waals surface area (Å²) in [4.78, 5) is 0. The van der Waals surface area contributed by atoms with Crippen molar-refractivity contribution < 1.29 is 19.7 Å². The number of benzene rings is 1. The van der Waals surface area contributed by atoms with E-state index < -0.39 is 6.10 Å². The molecule has 1 rings (SSSR count). The molecule has 0 aliphatic heterocycles. The second-order valence-electron chi connectivity index (χ2n) is 6.36. The molecule has 0 spiro atoms. The van der Waals surface area contributed by atoms with Gasteiger partial charge in [-0.05, 0) is 36.6 Å². The highest BCUT2D eigenvalue weighted by Gasteiger charge is 2.20. The van der Waals surface area contributed by atoms with Crippen LogP contribution in [0.25, 0.3) is 0 Å². The number of aliphatic hydroxyl groups excluding tert-OH is 2. The van der Waals surface area contributed by atoms with Crippen LogP contribution >= 0.6 is 0 Å². The maximum Gasteiger partial charge on any atom is 0.123 e. The van der Waals surface area contributed by atoms with Gasteiger partial charge < -0.3 is 25.0 Å². The van der Waals surface area contributed by atoms with Gasteiger partial charge in [0, 0.05) is 18.7 Å². The number of hydrogen-bond acceptors (Lipinski definition) is 5. The second-order valence-corrected chi connectivity index (χ2v) is 6.36. The van der Waals surface area contributed by atoms with Crippen LogP contribution < -0.4 is 14.8 Å². The summed E-state index contributed by atoms with van der Waals surface area (Å²) in [6.45, 7) is 7.84. The molecule has 1 atom stereocenters. The van der Waals surface area contributed by atoms with Crippen molar-refractivity contribution in [3.63, 3.8) is 0 Å². The van der Waals surface area contributed by atoms with Crippen molar-refractivity contribution in [3.05, 3.63) is 23.8 Å². The van der Waals surface area contributed by atoms with Crippen LogP contribution in [-0.4, -0.2) is 49.7 Å². The summed E-state index contributed by atoms with van der Waals surface area (Å²) in [7, 11) is 1.64. The Kier molecular flexibility index (Phi) is 7.65. The molecule has 0 aliphatic carbocycles. The molecule has 22 heavy (non-hydrogen) atoms. The van der Waals surface area contributed by atoms with Crippen molar-refractivity contribution in [1.29, 1.82) is 0 Å². The Balaban J connectivity index is 2.61. The fraction of sp³-hybridized carbons (Fsp3) is 0.647. The third kappa shape index (κ3) is 6.22. The molecule has 126 valence electrons. The van der Waals surface area contributed by atoms with Gasteiger partial charge in [0.05, 0.1) is 7.11 Å². The molecule has 0 amide bonds. The summed E-state index contributed by atoms with van der Waals surface area (Å²) >= 11 is 0. The summed E-state index contributed by atoms with van der Waals surface area (Å²) < 4.78 is 11.1. The maximum atomic E-state index is 9.93. The van der Waals surface area contributed by atoms with Gasteiger partial charge in [0.15, 0.2) is 0 Å². The lowest BCUT2D eigenvalue weighted by atomic mass is 9.86. The van der Waals surface area contributed by atoms with Gasteiger partial charge in [-0.15, -0.1) is 0 Å². The molecule has 0 bridgehead atoms. The average molecular weight is 311 g/mol. The molecule has 5 nitrogen and oxygen atoms in total. The van der Waals surface area contributed by atoms with Gasteiger partial charge in [0.2, 0.25) is 0 Å². The molecule has 0 saturated carbocycles. The second kappa shape index (κ2) is 8.98. The lowest BCUT2D eigenvalue weighted by Crippen LogP contribution is -2.32. The maximum absolute atomic E-state index is 9.93. The summed E-state index contributed by atoms with van der Waals surface area (Å²) in [6.07, 6.45) is 0.0915. The molecule has 0 saturated heterocycles. The molecular formula is C17H29NO4. The zero-order valence-electron chi connectivity index (χ0n) is 14.1. The Hall–Kier alpha value is -1.30. The zero-order chi connectivity index (χ0) is 16.6. The van der Waals surface area contributed by atoms with Crippen LogP contribution in [0.15, 0.2) is 18.2 Å². The van der Waals surface area contributed by atoms with E-state index in [2.05, 4.69) is 26.1 Å². The highest BCUT2D eigenvalue weighted by Crippen LogP contribution is 2.34. The first-order valence-electron chi connectivity index (χ1n) is 7.69. The fourth-order valence-corrected chi connectivity index (χ4v) is 2.07. The van der Waals surface area contributed by atoms with Crippen LogP contribution in [0.2, 0.25) is 0 Å². The zero-order valence-corrected chi connectivity index (χ0v) is 14.1. The van der Waals surface area contributed by atoms with Crippen LogP contribution in [0.5, 0.6) is 11.5 Å². The molecule has 3 N–H and O–H groups in total. The van der Waals surface area contributed by atoms with E-state index in [9.17, 15) is 5.11 Å². The average Bonchev–Trinajstić information content (AvgIpc) is 2.48. The SMILES string of the molecule is COc1ccc(OCC(O)CNCCCO)c(C(C)(C)C)c1. The molecule has 1 unspecified atom stereocenters. The van der Waals surface area contributed by atoms with Crippen LogP contribution in [0.4, 0.5) is 0 Å². The van der Waals surface area contributed by atoms with Crippen LogP contribution in [0.3, 0.4) is 0 Å². The van der Waals surface area contributed by atoms with Crippen molar-refractivity contribution in [2.45, 2.75) is 38.7 Å². The van der Waals surface area contributed by atoms with Crippen molar-refractivity contribution in [1.82, 2.24) is 5.32 Å². The Morgan fingerprint density at radius 2 is 2.00 bits per heavy atom. The molecule has 0 aliphatic rings. The van der Waals surface area contributed by atoms with Gasteiger partial charge >= 0.3 is 0 Å². The minimum atomic E-state index is -0.589. The largest absolute Gasteiger partial charge is 0.497 e. The van der Waals surface area contributed by atoms with Crippen LogP contribution in [0, 0.1) is 0 Å². The first-order valence-corrected chi connectivity index (χ1v) is 7.69. The van der Waals surface area contributed by atoms with Gasteiger partial charge in [-0.1, -0.05) is 20.8 Å². The number of aliphatic hydroxyl groups is 2. The smallest absolute Gasteiger partial charge is 0.123 e. The number of nitrogens with one attached hydrogen (secondary N) is 1. The first-order chi connectivity index (χ1) is 10.4. The van der Waals surface area contributed by atoms with E-state index in [0.29, 0.717) is 19.5 Å². The topological polar surface area (TPSA) is 71.0 Å². The van der Waals surface area contributed by atoms with Gasteiger partial charge in [-0.25, -0.2) is 0 Å². The molecule has 0 heterocycles. The monoisotopic (exact) mass is 311 g/mol. The third-order valence-electron chi connectivity index (χ3n) is 3.32. The van der Waals surface area contributed by atoms with Crippen molar-refractivity contribution in [3.8, 4) is 11.5 Å². The van der Waals surface area contributed by atoms with E-state index in [1.165, 1.54) is 0 Å². The van der Waals surface area contributed by atoms with Gasteiger partial charge in [0.1, 0.15) is 24.2 Å². The molecule has 1 aromatic rings. The van der Waals surface area contributed by atoms with E-state index in [1.54, 1.807) is 7.11 Å². The molecule has 0 aromatic heterocycles. The van der Waals surface area contributed by atoms with Crippen molar-refractivity contribution >= 4 is 0 Å². The van der Waals surface area contributed by atoms with Crippen molar-refractivity contribution in [2.75, 3.05) is 33.4 Å². The van der Waals surface area contributed by atoms with Crippen LogP contribution in [0.1, 0.15) is 32.8 Å². The fourth-order valence-electron chi connectivity index (χ4n) is 2.07. The first kappa shape index (κ1) is 18.7. The van der Waals surface area contributed by atoms with E-state index in [1.807, 2.05) is 18.2 Å². The Bertz CT molecular complexity index is 443. The molecule has 0 radical (unpaired) electrons. The van der Waals surface area contributed by atoms with Gasteiger partial charge in [0.25, 0.3) is 0 Å². The minimum Gasteiger partial charge on any atom is -0.497 e. The Labute approximate surface area is 133 Å². The molecule has 5 heteroatoms. The Morgan fingerprint density at radius 3 is 2.59 bits per heavy atom. The van der Waals surface area contributed by atoms with Gasteiger partial charge in [-0.2, -0.15) is 0 Å². The highest BCUT2D eigenvalue weighted by molar-refractivity contribution is 5.44. The summed E-state index contributed by atoms with van der Waals surface area (Å²) in [6, 6.07) is 5.71. The van der Waals surface area contributed by atoms with E-state index in [0.717, 1.165) is 17.1 Å². The minimum absolute atomic E-state index is 0.0752. The van der Waals surface area contributed by atoms with Crippen LogP contribution in [-0.2, 0) is 5.41 Å². The highest BCUT2D eigenvalue weighted by atomic mass is 16.5. The molecule has 0 fully saturated rings. The normalized spacial score (nSPS) is 13.0. The molecular weight excluding hydrogens is 282 g/mol. The third-order valence-corrected chi connectivity index (χ3v) is 3.32. The predicted octanol–water partition coefficient (Wildman–Crippen LogP) is 1.70. The van der Waals surface area contributed by atoms with E-state index in [-0.39, 0.29) is 18.6 Å². The van der Waals surface area contributed by atoms with E-state index >= 15 is 0 Å². The Morgan fingerprint density at radius 1 is 1.27 bits per heavy atom. The summed E-state index contributed by atoms with van der Waals surface area (Å²) in [5.41, 5.74) is 0.973. The molecule has 1 aromatic carbocycles. The van der Waals surface area contributed by atoms with Gasteiger partial charge in [-0.3, -0.25) is 0 Å². The predicted molar refractivity (Wildman–Crippen MR) is 87.8 cm³/mol. The lowest BCUT2D eigenvalue weighted by Gasteiger charge is -2.24. The summed E-state index contributed by atoms with van der Waals surface area (Å²) in [5.74, 6) is 1.56. The summed E-state index contributed by atoms with van der Waals surface area (Å²) in [5, 5.41) is 21.7. The number of rotatable bonds is 9. The standard InChI is InChI=1S/C17H29NO4/c1-17(2,3)15-10-14(21-4)6-7-16(15)22-12-13(20)11-18-8-5-9-19/h6-7,10,13,18-20H,5,8-9,11-12H2,1-4H3. The number of methoxy groups -OCH3 is 1.